The summed E-state index contributed by atoms with van der Waals surface area (Å²) in [5.74, 6) is -0.195. The van der Waals surface area contributed by atoms with Crippen LogP contribution in [0.2, 0.25) is 0 Å². The van der Waals surface area contributed by atoms with Crippen molar-refractivity contribution in [1.82, 2.24) is 0 Å². The summed E-state index contributed by atoms with van der Waals surface area (Å²) < 4.78 is 25.1. The van der Waals surface area contributed by atoms with E-state index in [1.807, 2.05) is 25.1 Å². The van der Waals surface area contributed by atoms with Gasteiger partial charge in [-0.2, -0.15) is 0 Å². The zero-order valence-electron chi connectivity index (χ0n) is 13.7. The number of hydrogen-bond acceptors (Lipinski definition) is 3. The Morgan fingerprint density at radius 3 is 2.25 bits per heavy atom. The Bertz CT molecular complexity index is 835. The van der Waals surface area contributed by atoms with Crippen LogP contribution >= 0.6 is 0 Å². The van der Waals surface area contributed by atoms with E-state index in [2.05, 4.69) is 5.32 Å². The van der Waals surface area contributed by atoms with Crippen molar-refractivity contribution in [3.05, 3.63) is 59.7 Å². The molecule has 0 radical (unpaired) electrons. The molecule has 1 aliphatic carbocycles. The Labute approximate surface area is 142 Å². The number of sulfone groups is 1. The maximum absolute atomic E-state index is 12.5. The molecule has 2 aromatic carbocycles. The van der Waals surface area contributed by atoms with Gasteiger partial charge in [0, 0.05) is 11.3 Å². The number of carbonyl (C=O) groups is 1. The lowest BCUT2D eigenvalue weighted by Gasteiger charge is -2.12. The summed E-state index contributed by atoms with van der Waals surface area (Å²) in [6.45, 7) is 1.88. The van der Waals surface area contributed by atoms with Crippen molar-refractivity contribution < 1.29 is 13.2 Å². The largest absolute Gasteiger partial charge is 0.322 e. The topological polar surface area (TPSA) is 63.2 Å². The second-order valence-corrected chi connectivity index (χ2v) is 8.47. The molecule has 0 unspecified atom stereocenters. The molecule has 5 heteroatoms. The second kappa shape index (κ2) is 6.77. The van der Waals surface area contributed by atoms with Crippen LogP contribution in [0.4, 0.5) is 5.69 Å². The van der Waals surface area contributed by atoms with Gasteiger partial charge in [-0.25, -0.2) is 8.42 Å². The standard InChI is InChI=1S/C19H21NO3S/c1-14-6-2-5-9-18(14)19(21)20-15-10-12-17(13-11-15)24(22,23)16-7-3-4-8-16/h2,5-6,9-13,16H,3-4,7-8H2,1H3,(H,20,21). The van der Waals surface area contributed by atoms with E-state index in [0.29, 0.717) is 16.1 Å². The molecule has 2 aromatic rings. The van der Waals surface area contributed by atoms with Gasteiger partial charge in [-0.15, -0.1) is 0 Å². The van der Waals surface area contributed by atoms with Gasteiger partial charge in [0.1, 0.15) is 0 Å². The molecule has 1 amide bonds. The average Bonchev–Trinajstić information content (AvgIpc) is 3.11. The fraction of sp³-hybridized carbons (Fsp3) is 0.316. The number of anilines is 1. The first kappa shape index (κ1) is 16.7. The summed E-state index contributed by atoms with van der Waals surface area (Å²) in [6.07, 6.45) is 3.45. The smallest absolute Gasteiger partial charge is 0.255 e. The molecule has 1 aliphatic rings. The number of nitrogens with one attached hydrogen (secondary N) is 1. The van der Waals surface area contributed by atoms with Crippen molar-refractivity contribution in [3.63, 3.8) is 0 Å². The zero-order valence-corrected chi connectivity index (χ0v) is 14.5. The molecule has 0 heterocycles. The molecular formula is C19H21NO3S. The first-order valence-corrected chi connectivity index (χ1v) is 9.74. The number of amides is 1. The molecule has 0 aromatic heterocycles. The molecule has 24 heavy (non-hydrogen) atoms. The van der Waals surface area contributed by atoms with Crippen LogP contribution in [0.15, 0.2) is 53.4 Å². The second-order valence-electron chi connectivity index (χ2n) is 6.24. The van der Waals surface area contributed by atoms with Crippen LogP contribution in [-0.2, 0) is 9.84 Å². The number of aryl methyl sites for hydroxylation is 1. The first-order chi connectivity index (χ1) is 11.5. The van der Waals surface area contributed by atoms with Crippen LogP contribution in [0, 0.1) is 6.92 Å². The molecule has 0 spiro atoms. The molecule has 1 fully saturated rings. The molecule has 0 saturated heterocycles. The van der Waals surface area contributed by atoms with E-state index < -0.39 is 9.84 Å². The van der Waals surface area contributed by atoms with Gasteiger partial charge in [-0.1, -0.05) is 31.0 Å². The van der Waals surface area contributed by atoms with Crippen molar-refractivity contribution in [3.8, 4) is 0 Å². The van der Waals surface area contributed by atoms with Crippen molar-refractivity contribution in [1.29, 1.82) is 0 Å². The lowest BCUT2D eigenvalue weighted by atomic mass is 10.1. The van der Waals surface area contributed by atoms with E-state index in [4.69, 9.17) is 0 Å². The summed E-state index contributed by atoms with van der Waals surface area (Å²) >= 11 is 0. The number of rotatable bonds is 4. The Balaban J connectivity index is 1.75. The molecular weight excluding hydrogens is 322 g/mol. The highest BCUT2D eigenvalue weighted by molar-refractivity contribution is 7.92. The van der Waals surface area contributed by atoms with Crippen LogP contribution < -0.4 is 5.32 Å². The Morgan fingerprint density at radius 2 is 1.62 bits per heavy atom. The summed E-state index contributed by atoms with van der Waals surface area (Å²) in [6, 6.07) is 13.8. The van der Waals surface area contributed by atoms with Crippen molar-refractivity contribution >= 4 is 21.4 Å². The minimum atomic E-state index is -3.26. The Morgan fingerprint density at radius 1 is 1.00 bits per heavy atom. The highest BCUT2D eigenvalue weighted by Crippen LogP contribution is 2.30. The third kappa shape index (κ3) is 3.36. The maximum Gasteiger partial charge on any atom is 0.255 e. The fourth-order valence-corrected chi connectivity index (χ4v) is 5.00. The van der Waals surface area contributed by atoms with E-state index >= 15 is 0 Å². The maximum atomic E-state index is 12.5. The van der Waals surface area contributed by atoms with Gasteiger partial charge < -0.3 is 5.32 Å². The molecule has 1 N–H and O–H groups in total. The predicted molar refractivity (Wildman–Crippen MR) is 95.0 cm³/mol. The predicted octanol–water partition coefficient (Wildman–Crippen LogP) is 3.96. The van der Waals surface area contributed by atoms with Gasteiger partial charge in [0.05, 0.1) is 10.1 Å². The summed E-state index contributed by atoms with van der Waals surface area (Å²) in [5.41, 5.74) is 2.10. The van der Waals surface area contributed by atoms with Crippen molar-refractivity contribution in [2.75, 3.05) is 5.32 Å². The van der Waals surface area contributed by atoms with Crippen LogP contribution in [0.3, 0.4) is 0 Å². The van der Waals surface area contributed by atoms with E-state index in [1.165, 1.54) is 0 Å². The molecule has 0 bridgehead atoms. The van der Waals surface area contributed by atoms with Crippen molar-refractivity contribution in [2.24, 2.45) is 0 Å². The first-order valence-electron chi connectivity index (χ1n) is 8.19. The SMILES string of the molecule is Cc1ccccc1C(=O)Nc1ccc(S(=O)(=O)C2CCCC2)cc1. The van der Waals surface area contributed by atoms with Crippen LogP contribution in [0.1, 0.15) is 41.6 Å². The van der Waals surface area contributed by atoms with Gasteiger partial charge >= 0.3 is 0 Å². The van der Waals surface area contributed by atoms with Crippen molar-refractivity contribution in [2.45, 2.75) is 42.8 Å². The molecule has 126 valence electrons. The van der Waals surface area contributed by atoms with E-state index in [0.717, 1.165) is 31.2 Å². The van der Waals surface area contributed by atoms with E-state index in [9.17, 15) is 13.2 Å². The lowest BCUT2D eigenvalue weighted by molar-refractivity contribution is 0.102. The molecule has 0 atom stereocenters. The summed E-state index contributed by atoms with van der Waals surface area (Å²) in [7, 11) is -3.26. The number of carbonyl (C=O) groups excluding carboxylic acids is 1. The monoisotopic (exact) mass is 343 g/mol. The van der Waals surface area contributed by atoms with Gasteiger partial charge in [-0.3, -0.25) is 4.79 Å². The summed E-state index contributed by atoms with van der Waals surface area (Å²) in [5, 5.41) is 2.55. The minimum Gasteiger partial charge on any atom is -0.322 e. The van der Waals surface area contributed by atoms with Crippen LogP contribution in [0.25, 0.3) is 0 Å². The Kier molecular flexibility index (Phi) is 4.71. The molecule has 4 nitrogen and oxygen atoms in total. The molecule has 3 rings (SSSR count). The van der Waals surface area contributed by atoms with Gasteiger partial charge in [-0.05, 0) is 55.7 Å². The van der Waals surface area contributed by atoms with E-state index in [1.54, 1.807) is 30.3 Å². The lowest BCUT2D eigenvalue weighted by Crippen LogP contribution is -2.18. The number of benzene rings is 2. The molecule has 0 aliphatic heterocycles. The zero-order chi connectivity index (χ0) is 17.2. The third-order valence-corrected chi connectivity index (χ3v) is 6.85. The Hall–Kier alpha value is -2.14. The molecule has 1 saturated carbocycles. The van der Waals surface area contributed by atoms with Crippen LogP contribution in [-0.4, -0.2) is 19.6 Å². The van der Waals surface area contributed by atoms with Gasteiger partial charge in [0.25, 0.3) is 5.91 Å². The average molecular weight is 343 g/mol. The highest BCUT2D eigenvalue weighted by atomic mass is 32.2. The minimum absolute atomic E-state index is 0.195. The fourth-order valence-electron chi connectivity index (χ4n) is 3.15. The number of hydrogen-bond donors (Lipinski definition) is 1. The third-order valence-electron chi connectivity index (χ3n) is 4.57. The van der Waals surface area contributed by atoms with Crippen LogP contribution in [0.5, 0.6) is 0 Å². The van der Waals surface area contributed by atoms with Gasteiger partial charge in [0.2, 0.25) is 0 Å². The quantitative estimate of drug-likeness (QED) is 0.914. The summed E-state index contributed by atoms with van der Waals surface area (Å²) in [4.78, 5) is 12.6. The highest BCUT2D eigenvalue weighted by Gasteiger charge is 2.30. The van der Waals surface area contributed by atoms with E-state index in [-0.39, 0.29) is 11.2 Å². The van der Waals surface area contributed by atoms with Gasteiger partial charge in [0.15, 0.2) is 9.84 Å². The normalized spacial score (nSPS) is 15.4.